The fourth-order valence-corrected chi connectivity index (χ4v) is 0.203. The molecule has 0 aromatic heterocycles. The number of carbonyl (C=O) groups is 2. The second-order valence-electron chi connectivity index (χ2n) is 1.71. The maximum absolute atomic E-state index is 10.1. The molecule has 0 heterocycles. The minimum atomic E-state index is -0.896. The van der Waals surface area contributed by atoms with Crippen molar-refractivity contribution in [3.05, 3.63) is 24.8 Å². The summed E-state index contributed by atoms with van der Waals surface area (Å²) in [5, 5.41) is 15.6. The topological polar surface area (TPSA) is 126 Å². The lowest BCUT2D eigenvalue weighted by atomic mass is 10.4. The molecule has 0 aliphatic rings. The Morgan fingerprint density at radius 1 is 1.40 bits per heavy atom. The first-order chi connectivity index (χ1) is 7.03. The lowest BCUT2D eigenvalue weighted by Crippen LogP contribution is -2.10. The van der Waals surface area contributed by atoms with Gasteiger partial charge in [-0.05, 0) is 0 Å². The first-order valence-corrected chi connectivity index (χ1v) is 3.25. The van der Waals surface area contributed by atoms with Crippen molar-refractivity contribution in [1.29, 1.82) is 10.5 Å². The first kappa shape index (κ1) is 14.9. The van der Waals surface area contributed by atoms with Crippen LogP contribution < -0.4 is 5.90 Å². The normalized spacial score (nSPS) is 6.60. The van der Waals surface area contributed by atoms with Crippen LogP contribution in [0.25, 0.3) is 0 Å². The predicted octanol–water partition coefficient (Wildman–Crippen LogP) is -0.320. The fourth-order valence-electron chi connectivity index (χ4n) is 0.203. The number of hydrogen-bond donors (Lipinski definition) is 1. The molecule has 78 valence electrons. The molecule has 7 nitrogen and oxygen atoms in total. The van der Waals surface area contributed by atoms with Gasteiger partial charge in [-0.3, -0.25) is 0 Å². The Morgan fingerprint density at radius 3 is 2.07 bits per heavy atom. The SMILES string of the molecule is C=C(C#N)C(=O)ON.C=CC(=O)OC#N. The van der Waals surface area contributed by atoms with Crippen molar-refractivity contribution in [3.63, 3.8) is 0 Å². The van der Waals surface area contributed by atoms with Crippen LogP contribution in [-0.2, 0) is 19.2 Å². The van der Waals surface area contributed by atoms with Crippen molar-refractivity contribution in [2.24, 2.45) is 5.90 Å². The molecule has 0 fully saturated rings. The molecule has 0 spiro atoms. The van der Waals surface area contributed by atoms with E-state index >= 15 is 0 Å². The summed E-state index contributed by atoms with van der Waals surface area (Å²) in [5.41, 5.74) is -0.299. The van der Waals surface area contributed by atoms with Gasteiger partial charge in [0.25, 0.3) is 6.26 Å². The molecule has 0 saturated carbocycles. The number of hydrogen-bond acceptors (Lipinski definition) is 7. The number of carbonyl (C=O) groups excluding carboxylic acids is 2. The van der Waals surface area contributed by atoms with E-state index in [1.807, 2.05) is 0 Å². The van der Waals surface area contributed by atoms with Crippen LogP contribution in [0.3, 0.4) is 0 Å². The molecule has 15 heavy (non-hydrogen) atoms. The lowest BCUT2D eigenvalue weighted by molar-refractivity contribution is -0.139. The van der Waals surface area contributed by atoms with Crippen LogP contribution >= 0.6 is 0 Å². The molecule has 0 unspecified atom stereocenters. The van der Waals surface area contributed by atoms with Crippen LogP contribution in [0.1, 0.15) is 0 Å². The molecule has 0 radical (unpaired) electrons. The van der Waals surface area contributed by atoms with E-state index in [2.05, 4.69) is 28.6 Å². The number of esters is 1. The molecule has 7 heteroatoms. The van der Waals surface area contributed by atoms with E-state index in [1.165, 1.54) is 12.3 Å². The van der Waals surface area contributed by atoms with E-state index in [1.54, 1.807) is 0 Å². The third-order valence-corrected chi connectivity index (χ3v) is 0.801. The number of nitrogens with two attached hydrogens (primary N) is 1. The molecule has 0 aliphatic carbocycles. The molecular formula is C8H7N3O4. The molecule has 0 aromatic rings. The van der Waals surface area contributed by atoms with Crippen molar-refractivity contribution in [2.45, 2.75) is 0 Å². The predicted molar refractivity (Wildman–Crippen MR) is 46.9 cm³/mol. The summed E-state index contributed by atoms with van der Waals surface area (Å²) >= 11 is 0. The third kappa shape index (κ3) is 9.27. The highest BCUT2D eigenvalue weighted by Crippen LogP contribution is 1.86. The second-order valence-corrected chi connectivity index (χ2v) is 1.71. The van der Waals surface area contributed by atoms with E-state index in [4.69, 9.17) is 10.5 Å². The summed E-state index contributed by atoms with van der Waals surface area (Å²) in [5.74, 6) is 2.77. The molecule has 0 aliphatic heterocycles. The summed E-state index contributed by atoms with van der Waals surface area (Å²) in [4.78, 5) is 23.6. The van der Waals surface area contributed by atoms with Gasteiger partial charge in [-0.1, -0.05) is 13.2 Å². The van der Waals surface area contributed by atoms with Crippen LogP contribution in [0.2, 0.25) is 0 Å². The summed E-state index contributed by atoms with van der Waals surface area (Å²) in [7, 11) is 0. The van der Waals surface area contributed by atoms with Gasteiger partial charge in [0.2, 0.25) is 0 Å². The highest BCUT2D eigenvalue weighted by atomic mass is 16.7. The van der Waals surface area contributed by atoms with Gasteiger partial charge >= 0.3 is 11.9 Å². The first-order valence-electron chi connectivity index (χ1n) is 3.25. The van der Waals surface area contributed by atoms with Gasteiger partial charge in [0.1, 0.15) is 11.6 Å². The molecule has 0 saturated heterocycles. The maximum atomic E-state index is 10.1. The Hall–Kier alpha value is -2.64. The van der Waals surface area contributed by atoms with Crippen LogP contribution in [0, 0.1) is 22.8 Å². The van der Waals surface area contributed by atoms with E-state index in [-0.39, 0.29) is 5.57 Å². The van der Waals surface area contributed by atoms with Gasteiger partial charge in [-0.2, -0.15) is 11.2 Å². The minimum absolute atomic E-state index is 0.299. The Morgan fingerprint density at radius 2 is 1.93 bits per heavy atom. The highest BCUT2D eigenvalue weighted by Gasteiger charge is 2.03. The number of rotatable bonds is 2. The Bertz CT molecular complexity index is 348. The van der Waals surface area contributed by atoms with E-state index < -0.39 is 11.9 Å². The molecule has 0 amide bonds. The standard InChI is InChI=1S/C4H4N2O2.C4H3NO2/c1-3(2-5)4(7)8-6;1-2-4(6)7-3-5/h1,6H2;2H,1H2. The van der Waals surface area contributed by atoms with Crippen molar-refractivity contribution in [1.82, 2.24) is 0 Å². The summed E-state index contributed by atoms with van der Waals surface area (Å²) in [6, 6.07) is 1.47. The maximum Gasteiger partial charge on any atom is 0.366 e. The number of ether oxygens (including phenoxy) is 1. The average molecular weight is 209 g/mol. The largest absolute Gasteiger partial charge is 0.369 e. The molecular weight excluding hydrogens is 202 g/mol. The van der Waals surface area contributed by atoms with Gasteiger partial charge in [0.05, 0.1) is 0 Å². The van der Waals surface area contributed by atoms with Crippen LogP contribution in [0.15, 0.2) is 24.8 Å². The Balaban J connectivity index is 0. The molecule has 0 aromatic carbocycles. The minimum Gasteiger partial charge on any atom is -0.369 e. The quantitative estimate of drug-likeness (QED) is 0.217. The smallest absolute Gasteiger partial charge is 0.366 e. The van der Waals surface area contributed by atoms with Gasteiger partial charge < -0.3 is 9.57 Å². The van der Waals surface area contributed by atoms with E-state index in [0.29, 0.717) is 0 Å². The zero-order valence-electron chi connectivity index (χ0n) is 7.60. The zero-order valence-corrected chi connectivity index (χ0v) is 7.60. The van der Waals surface area contributed by atoms with Crippen molar-refractivity contribution in [2.75, 3.05) is 0 Å². The number of nitrogens with zero attached hydrogens (tertiary/aromatic N) is 2. The van der Waals surface area contributed by atoms with Crippen LogP contribution in [-0.4, -0.2) is 11.9 Å². The highest BCUT2D eigenvalue weighted by molar-refractivity contribution is 5.91. The molecule has 0 atom stereocenters. The fraction of sp³-hybridized carbons (Fsp3) is 0. The molecule has 2 N–H and O–H groups in total. The van der Waals surface area contributed by atoms with E-state index in [0.717, 1.165) is 6.08 Å². The van der Waals surface area contributed by atoms with Gasteiger partial charge in [-0.15, -0.1) is 5.26 Å². The van der Waals surface area contributed by atoms with Crippen molar-refractivity contribution in [3.8, 4) is 12.3 Å². The number of nitriles is 2. The molecule has 0 bridgehead atoms. The zero-order chi connectivity index (χ0) is 12.3. The van der Waals surface area contributed by atoms with Crippen molar-refractivity contribution >= 4 is 11.9 Å². The Labute approximate surface area is 85.5 Å². The Kier molecular flexibility index (Phi) is 9.36. The molecule has 0 rings (SSSR count). The van der Waals surface area contributed by atoms with Gasteiger partial charge in [0.15, 0.2) is 0 Å². The second kappa shape index (κ2) is 9.45. The average Bonchev–Trinajstić information content (AvgIpc) is 2.27. The lowest BCUT2D eigenvalue weighted by Gasteiger charge is -1.88. The van der Waals surface area contributed by atoms with Gasteiger partial charge in [0, 0.05) is 6.08 Å². The van der Waals surface area contributed by atoms with E-state index in [9.17, 15) is 9.59 Å². The van der Waals surface area contributed by atoms with Crippen molar-refractivity contribution < 1.29 is 19.2 Å². The van der Waals surface area contributed by atoms with Gasteiger partial charge in [-0.25, -0.2) is 9.59 Å². The van der Waals surface area contributed by atoms with Crippen LogP contribution in [0.5, 0.6) is 0 Å². The summed E-state index contributed by atoms with van der Waals surface area (Å²) in [6.07, 6.45) is 2.12. The van der Waals surface area contributed by atoms with Crippen LogP contribution in [0.4, 0.5) is 0 Å². The summed E-state index contributed by atoms with van der Waals surface area (Å²) < 4.78 is 3.74. The third-order valence-electron chi connectivity index (χ3n) is 0.801. The summed E-state index contributed by atoms with van der Waals surface area (Å²) in [6.45, 7) is 6.08. The monoisotopic (exact) mass is 209 g/mol.